The third-order valence-electron chi connectivity index (χ3n) is 2.98. The van der Waals surface area contributed by atoms with Gasteiger partial charge in [-0.05, 0) is 23.3 Å². The smallest absolute Gasteiger partial charge is 0.270 e. The molecule has 0 saturated heterocycles. The van der Waals surface area contributed by atoms with E-state index in [-0.39, 0.29) is 11.6 Å². The molecule has 2 aromatic rings. The van der Waals surface area contributed by atoms with Crippen LogP contribution in [0.3, 0.4) is 0 Å². The van der Waals surface area contributed by atoms with Crippen molar-refractivity contribution in [1.29, 1.82) is 0 Å². The number of carbonyl (C=O) groups is 1. The molecule has 0 radical (unpaired) electrons. The van der Waals surface area contributed by atoms with E-state index < -0.39 is 4.92 Å². The summed E-state index contributed by atoms with van der Waals surface area (Å²) in [6.07, 6.45) is 7.33. The Labute approximate surface area is 134 Å². The molecule has 0 heterocycles. The zero-order chi connectivity index (χ0) is 16.7. The Morgan fingerprint density at radius 3 is 2.26 bits per heavy atom. The van der Waals surface area contributed by atoms with E-state index in [1.807, 2.05) is 42.5 Å². The normalized spacial score (nSPS) is 11.0. The van der Waals surface area contributed by atoms with Crippen molar-refractivity contribution < 1.29 is 9.72 Å². The van der Waals surface area contributed by atoms with Crippen LogP contribution >= 0.6 is 0 Å². The first-order valence-corrected chi connectivity index (χ1v) is 7.01. The molecule has 5 heteroatoms. The van der Waals surface area contributed by atoms with E-state index in [0.717, 1.165) is 16.8 Å². The van der Waals surface area contributed by atoms with Crippen LogP contribution in [0.4, 0.5) is 11.4 Å². The largest absolute Gasteiger partial charge is 0.326 e. The van der Waals surface area contributed by atoms with E-state index in [1.165, 1.54) is 19.1 Å². The van der Waals surface area contributed by atoms with Crippen molar-refractivity contribution >= 4 is 29.4 Å². The molecular formula is C18H16N2O3. The minimum Gasteiger partial charge on any atom is -0.326 e. The summed E-state index contributed by atoms with van der Waals surface area (Å²) >= 11 is 0. The predicted molar refractivity (Wildman–Crippen MR) is 91.9 cm³/mol. The summed E-state index contributed by atoms with van der Waals surface area (Å²) in [7, 11) is 0. The predicted octanol–water partition coefficient (Wildman–Crippen LogP) is 4.28. The molecule has 2 rings (SSSR count). The average Bonchev–Trinajstić information content (AvgIpc) is 2.51. The number of hydrogen-bond acceptors (Lipinski definition) is 3. The van der Waals surface area contributed by atoms with Gasteiger partial charge in [-0.25, -0.2) is 0 Å². The van der Waals surface area contributed by atoms with Crippen molar-refractivity contribution in [2.45, 2.75) is 6.92 Å². The summed E-state index contributed by atoms with van der Waals surface area (Å²) in [6, 6.07) is 13.9. The van der Waals surface area contributed by atoms with Crippen molar-refractivity contribution in [3.05, 3.63) is 81.9 Å². The van der Waals surface area contributed by atoms with Crippen LogP contribution in [0.15, 0.2) is 60.7 Å². The lowest BCUT2D eigenvalue weighted by Crippen LogP contribution is -2.05. The topological polar surface area (TPSA) is 72.2 Å². The zero-order valence-corrected chi connectivity index (χ0v) is 12.6. The van der Waals surface area contributed by atoms with Gasteiger partial charge in [-0.1, -0.05) is 48.6 Å². The van der Waals surface area contributed by atoms with E-state index in [1.54, 1.807) is 18.2 Å². The lowest BCUT2D eigenvalue weighted by molar-refractivity contribution is -0.384. The molecule has 0 aliphatic heterocycles. The van der Waals surface area contributed by atoms with Gasteiger partial charge in [0.1, 0.15) is 0 Å². The van der Waals surface area contributed by atoms with Gasteiger partial charge < -0.3 is 5.32 Å². The van der Waals surface area contributed by atoms with Gasteiger partial charge in [0.2, 0.25) is 5.91 Å². The van der Waals surface area contributed by atoms with Crippen molar-refractivity contribution in [3.8, 4) is 0 Å². The van der Waals surface area contributed by atoms with Crippen LogP contribution in [-0.2, 0) is 4.79 Å². The maximum Gasteiger partial charge on any atom is 0.270 e. The van der Waals surface area contributed by atoms with Crippen LogP contribution < -0.4 is 5.32 Å². The Bertz CT molecular complexity index is 779. The molecule has 0 fully saturated rings. The maximum absolute atomic E-state index is 11.0. The van der Waals surface area contributed by atoms with E-state index in [2.05, 4.69) is 5.32 Å². The molecule has 0 aliphatic carbocycles. The average molecular weight is 308 g/mol. The van der Waals surface area contributed by atoms with Crippen LogP contribution in [0.2, 0.25) is 0 Å². The number of anilines is 1. The molecular weight excluding hydrogens is 292 g/mol. The highest BCUT2D eigenvalue weighted by molar-refractivity contribution is 5.89. The molecule has 116 valence electrons. The van der Waals surface area contributed by atoms with Gasteiger partial charge in [0, 0.05) is 24.7 Å². The third-order valence-corrected chi connectivity index (χ3v) is 2.98. The number of non-ortho nitro benzene ring substituents is 1. The summed E-state index contributed by atoms with van der Waals surface area (Å²) in [6.45, 7) is 1.46. The SMILES string of the molecule is CC(=O)Nc1cccc(/C=C\C=C\c2cccc([N+](=O)[O-])c2)c1. The first kappa shape index (κ1) is 16.2. The number of nitro groups is 1. The fourth-order valence-electron chi connectivity index (χ4n) is 2.00. The second kappa shape index (κ2) is 7.70. The van der Waals surface area contributed by atoms with Crippen molar-refractivity contribution in [3.63, 3.8) is 0 Å². The van der Waals surface area contributed by atoms with Crippen LogP contribution in [0.1, 0.15) is 18.1 Å². The fraction of sp³-hybridized carbons (Fsp3) is 0.0556. The molecule has 2 aromatic carbocycles. The van der Waals surface area contributed by atoms with Crippen LogP contribution in [-0.4, -0.2) is 10.8 Å². The van der Waals surface area contributed by atoms with E-state index in [0.29, 0.717) is 0 Å². The molecule has 0 aromatic heterocycles. The molecule has 0 saturated carbocycles. The van der Waals surface area contributed by atoms with Crippen LogP contribution in [0.5, 0.6) is 0 Å². The lowest BCUT2D eigenvalue weighted by Gasteiger charge is -2.02. The standard InChI is InChI=1S/C18H16N2O3/c1-14(21)19-17-10-4-8-15(12-17)6-2-3-7-16-9-5-11-18(13-16)20(22)23/h2-13H,1H3,(H,19,21)/b6-2-,7-3+. The van der Waals surface area contributed by atoms with Gasteiger partial charge in [-0.2, -0.15) is 0 Å². The summed E-state index contributed by atoms with van der Waals surface area (Å²) < 4.78 is 0. The summed E-state index contributed by atoms with van der Waals surface area (Å²) in [5.74, 6) is -0.114. The van der Waals surface area contributed by atoms with Gasteiger partial charge in [-0.3, -0.25) is 14.9 Å². The first-order valence-electron chi connectivity index (χ1n) is 7.01. The lowest BCUT2D eigenvalue weighted by atomic mass is 10.1. The number of carbonyl (C=O) groups excluding carboxylic acids is 1. The highest BCUT2D eigenvalue weighted by atomic mass is 16.6. The molecule has 5 nitrogen and oxygen atoms in total. The Kier molecular flexibility index (Phi) is 5.41. The number of nitrogens with one attached hydrogen (secondary N) is 1. The Balaban J connectivity index is 2.05. The van der Waals surface area contributed by atoms with Crippen molar-refractivity contribution in [2.75, 3.05) is 5.32 Å². The number of allylic oxidation sites excluding steroid dienone is 2. The zero-order valence-electron chi connectivity index (χ0n) is 12.6. The number of hydrogen-bond donors (Lipinski definition) is 1. The van der Waals surface area contributed by atoms with E-state index in [9.17, 15) is 14.9 Å². The van der Waals surface area contributed by atoms with Gasteiger partial charge >= 0.3 is 0 Å². The molecule has 0 atom stereocenters. The van der Waals surface area contributed by atoms with Gasteiger partial charge in [0.25, 0.3) is 5.69 Å². The van der Waals surface area contributed by atoms with Gasteiger partial charge in [-0.15, -0.1) is 0 Å². The van der Waals surface area contributed by atoms with Gasteiger partial charge in [0.15, 0.2) is 0 Å². The van der Waals surface area contributed by atoms with Crippen molar-refractivity contribution in [2.24, 2.45) is 0 Å². The molecule has 0 aliphatic rings. The molecule has 0 spiro atoms. The third kappa shape index (κ3) is 5.24. The molecule has 1 N–H and O–H groups in total. The number of nitro benzene ring substituents is 1. The Morgan fingerprint density at radius 2 is 1.65 bits per heavy atom. The van der Waals surface area contributed by atoms with Gasteiger partial charge in [0.05, 0.1) is 4.92 Å². The number of rotatable bonds is 5. The Hall–Kier alpha value is -3.21. The number of amides is 1. The minimum absolute atomic E-state index is 0.0686. The fourth-order valence-corrected chi connectivity index (χ4v) is 2.00. The monoisotopic (exact) mass is 308 g/mol. The highest BCUT2D eigenvalue weighted by Crippen LogP contribution is 2.15. The second-order valence-electron chi connectivity index (χ2n) is 4.88. The molecule has 23 heavy (non-hydrogen) atoms. The Morgan fingerprint density at radius 1 is 1.04 bits per heavy atom. The molecule has 1 amide bonds. The van der Waals surface area contributed by atoms with E-state index in [4.69, 9.17) is 0 Å². The quantitative estimate of drug-likeness (QED) is 0.509. The first-order chi connectivity index (χ1) is 11.0. The summed E-state index contributed by atoms with van der Waals surface area (Å²) in [4.78, 5) is 21.3. The van der Waals surface area contributed by atoms with Crippen LogP contribution in [0.25, 0.3) is 12.2 Å². The van der Waals surface area contributed by atoms with Crippen molar-refractivity contribution in [1.82, 2.24) is 0 Å². The van der Waals surface area contributed by atoms with E-state index >= 15 is 0 Å². The molecule has 0 unspecified atom stereocenters. The summed E-state index contributed by atoms with van der Waals surface area (Å²) in [5, 5.41) is 13.4. The minimum atomic E-state index is -0.416. The molecule has 0 bridgehead atoms. The maximum atomic E-state index is 11.0. The second-order valence-corrected chi connectivity index (χ2v) is 4.88. The van der Waals surface area contributed by atoms with Crippen LogP contribution in [0, 0.1) is 10.1 Å². The summed E-state index contributed by atoms with van der Waals surface area (Å²) in [5.41, 5.74) is 2.51. The highest BCUT2D eigenvalue weighted by Gasteiger charge is 2.03. The number of nitrogens with zero attached hydrogens (tertiary/aromatic N) is 1. The number of benzene rings is 2.